The Labute approximate surface area is 127 Å². The summed E-state index contributed by atoms with van der Waals surface area (Å²) in [4.78, 5) is 0. The molecule has 0 radical (unpaired) electrons. The van der Waals surface area contributed by atoms with E-state index in [1.165, 1.54) is 5.19 Å². The first-order valence-corrected chi connectivity index (χ1v) is 7.22. The van der Waals surface area contributed by atoms with E-state index in [-0.39, 0.29) is 53.1 Å². The topological polar surface area (TPSA) is 9.23 Å². The monoisotopic (exact) mass is 344 g/mol. The first-order valence-electron chi connectivity index (χ1n) is 4.61. The minimum Gasteiger partial charge on any atom is -1.00 e. The molecule has 0 bridgehead atoms. The van der Waals surface area contributed by atoms with E-state index < -0.39 is 8.32 Å². The normalized spacial score (nSPS) is 13.7. The molecule has 0 aliphatic carbocycles. The van der Waals surface area contributed by atoms with Gasteiger partial charge in [-0.05, 0) is 13.8 Å². The molecule has 0 heterocycles. The largest absolute Gasteiger partial charge is 2.00 e. The number of rotatable bonds is 3. The summed E-state index contributed by atoms with van der Waals surface area (Å²) in [5.74, 6) is 0. The van der Waals surface area contributed by atoms with Gasteiger partial charge in [-0.25, -0.2) is 0 Å². The Balaban J connectivity index is 0. The maximum atomic E-state index is 5.85. The molecule has 80 valence electrons. The van der Waals surface area contributed by atoms with Crippen molar-refractivity contribution in [1.82, 2.24) is 0 Å². The maximum Gasteiger partial charge on any atom is 2.00 e. The predicted octanol–water partition coefficient (Wildman–Crippen LogP) is -1.11. The molecule has 0 saturated carbocycles. The SMILES string of the molecule is [CH2-][Si](C)(OC(C)C)c1ccccc1.[I-].[Mg+2]. The Morgan fingerprint density at radius 1 is 1.20 bits per heavy atom. The van der Waals surface area contributed by atoms with Crippen LogP contribution in [0.3, 0.4) is 0 Å². The van der Waals surface area contributed by atoms with Crippen molar-refractivity contribution in [3.05, 3.63) is 36.9 Å². The molecule has 1 rings (SSSR count). The van der Waals surface area contributed by atoms with Crippen LogP contribution in [0.25, 0.3) is 0 Å². The Morgan fingerprint density at radius 2 is 1.67 bits per heavy atom. The molecule has 1 unspecified atom stereocenters. The van der Waals surface area contributed by atoms with Gasteiger partial charge in [-0.3, -0.25) is 0 Å². The van der Waals surface area contributed by atoms with Crippen molar-refractivity contribution >= 4 is 36.6 Å². The third-order valence-corrected chi connectivity index (χ3v) is 4.43. The molecule has 1 aromatic rings. The maximum absolute atomic E-state index is 5.85. The number of halogens is 1. The Bertz CT molecular complexity index is 265. The standard InChI is InChI=1S/C11H17OSi.HI.Mg/c1-10(2)12-13(3,4)11-8-6-5-7-9-11;;/h5-10H,3H2,1-2,4H3;1H;/q-1;;+2/p-1. The van der Waals surface area contributed by atoms with E-state index in [9.17, 15) is 0 Å². The second-order valence-corrected chi connectivity index (χ2v) is 7.04. The summed E-state index contributed by atoms with van der Waals surface area (Å²) in [5, 5.41) is 1.25. The molecule has 0 fully saturated rings. The average molecular weight is 345 g/mol. The van der Waals surface area contributed by atoms with Crippen LogP contribution >= 0.6 is 0 Å². The van der Waals surface area contributed by atoms with E-state index >= 15 is 0 Å². The van der Waals surface area contributed by atoms with E-state index in [0.29, 0.717) is 0 Å². The van der Waals surface area contributed by atoms with Gasteiger partial charge in [0.2, 0.25) is 0 Å². The Kier molecular flexibility index (Phi) is 9.81. The Morgan fingerprint density at radius 3 is 2.07 bits per heavy atom. The molecule has 0 aromatic heterocycles. The smallest absolute Gasteiger partial charge is 1.00 e. The fourth-order valence-electron chi connectivity index (χ4n) is 1.38. The molecule has 15 heavy (non-hydrogen) atoms. The minimum absolute atomic E-state index is 0. The Hall–Kier alpha value is 0.893. The molecule has 0 saturated heterocycles. The van der Waals surface area contributed by atoms with E-state index in [4.69, 9.17) is 4.43 Å². The number of hydrogen-bond donors (Lipinski definition) is 0. The van der Waals surface area contributed by atoms with Gasteiger partial charge in [-0.1, -0.05) is 42.1 Å². The van der Waals surface area contributed by atoms with E-state index in [1.807, 2.05) is 18.2 Å². The minimum atomic E-state index is -1.89. The zero-order valence-electron chi connectivity index (χ0n) is 9.66. The summed E-state index contributed by atoms with van der Waals surface area (Å²) in [7, 11) is -1.89. The van der Waals surface area contributed by atoms with Gasteiger partial charge in [0.15, 0.2) is 0 Å². The molecule has 0 aliphatic rings. The molecular weight excluding hydrogens is 327 g/mol. The fourth-order valence-corrected chi connectivity index (χ4v) is 3.45. The van der Waals surface area contributed by atoms with Crippen LogP contribution in [0.15, 0.2) is 30.3 Å². The summed E-state index contributed by atoms with van der Waals surface area (Å²) >= 11 is 0. The van der Waals surface area contributed by atoms with Gasteiger partial charge in [0, 0.05) is 6.10 Å². The van der Waals surface area contributed by atoms with Crippen LogP contribution in [-0.4, -0.2) is 37.5 Å². The van der Waals surface area contributed by atoms with Gasteiger partial charge in [-0.2, -0.15) is 0 Å². The molecule has 4 heteroatoms. The summed E-state index contributed by atoms with van der Waals surface area (Å²) in [6.07, 6.45) is 0.259. The summed E-state index contributed by atoms with van der Waals surface area (Å²) in [6, 6.07) is 10.3. The molecule has 1 atom stereocenters. The van der Waals surface area contributed by atoms with Crippen LogP contribution in [0.1, 0.15) is 13.8 Å². The van der Waals surface area contributed by atoms with Crippen LogP contribution in [0.5, 0.6) is 0 Å². The van der Waals surface area contributed by atoms with Crippen LogP contribution in [0, 0.1) is 6.55 Å². The van der Waals surface area contributed by atoms with Crippen molar-refractivity contribution in [2.45, 2.75) is 26.5 Å². The van der Waals surface area contributed by atoms with Gasteiger partial charge in [0.1, 0.15) is 0 Å². The zero-order chi connectivity index (χ0) is 9.90. The van der Waals surface area contributed by atoms with E-state index in [2.05, 4.69) is 39.1 Å². The molecular formula is C11H17IMgOSi. The third kappa shape index (κ3) is 6.26. The van der Waals surface area contributed by atoms with Gasteiger partial charge < -0.3 is 34.9 Å². The van der Waals surface area contributed by atoms with Crippen LogP contribution in [0.4, 0.5) is 0 Å². The van der Waals surface area contributed by atoms with Crippen molar-refractivity contribution in [2.75, 3.05) is 0 Å². The molecule has 1 aromatic carbocycles. The van der Waals surface area contributed by atoms with Crippen molar-refractivity contribution < 1.29 is 28.4 Å². The third-order valence-electron chi connectivity index (χ3n) is 1.88. The van der Waals surface area contributed by atoms with Crippen molar-refractivity contribution in [3.63, 3.8) is 0 Å². The van der Waals surface area contributed by atoms with Crippen molar-refractivity contribution in [3.8, 4) is 0 Å². The van der Waals surface area contributed by atoms with Gasteiger partial charge in [0.25, 0.3) is 0 Å². The first kappa shape index (κ1) is 18.3. The summed E-state index contributed by atoms with van der Waals surface area (Å²) in [5.41, 5.74) is 0. The van der Waals surface area contributed by atoms with Crippen LogP contribution < -0.4 is 29.2 Å². The van der Waals surface area contributed by atoms with Gasteiger partial charge in [0.05, 0.1) is 8.32 Å². The molecule has 0 N–H and O–H groups in total. The van der Waals surface area contributed by atoms with Crippen LogP contribution in [-0.2, 0) is 4.43 Å². The predicted molar refractivity (Wildman–Crippen MR) is 65.0 cm³/mol. The molecule has 1 nitrogen and oxygen atoms in total. The fraction of sp³-hybridized carbons (Fsp3) is 0.364. The number of hydrogen-bond acceptors (Lipinski definition) is 1. The first-order chi connectivity index (χ1) is 6.02. The second-order valence-electron chi connectivity index (χ2n) is 3.76. The van der Waals surface area contributed by atoms with E-state index in [0.717, 1.165) is 0 Å². The molecule has 0 amide bonds. The van der Waals surface area contributed by atoms with Crippen molar-refractivity contribution in [2.24, 2.45) is 0 Å². The summed E-state index contributed by atoms with van der Waals surface area (Å²) in [6.45, 7) is 10.4. The molecule has 0 aliphatic heterocycles. The van der Waals surface area contributed by atoms with Crippen molar-refractivity contribution in [1.29, 1.82) is 0 Å². The van der Waals surface area contributed by atoms with E-state index in [1.54, 1.807) is 0 Å². The second kappa shape index (κ2) is 8.05. The van der Waals surface area contributed by atoms with Crippen LogP contribution in [0.2, 0.25) is 6.55 Å². The number of benzene rings is 1. The quantitative estimate of drug-likeness (QED) is 0.384. The summed E-state index contributed by atoms with van der Waals surface area (Å²) < 4.78 is 5.85. The average Bonchev–Trinajstić information content (AvgIpc) is 2.04. The molecule has 0 spiro atoms. The van der Waals surface area contributed by atoms with Gasteiger partial charge >= 0.3 is 23.1 Å². The zero-order valence-corrected chi connectivity index (χ0v) is 14.2. The van der Waals surface area contributed by atoms with Gasteiger partial charge in [-0.15, -0.1) is 0 Å².